The first-order chi connectivity index (χ1) is 12.2. The number of carbonyl (C=O) groups is 1. The molecule has 3 saturated heterocycles. The minimum absolute atomic E-state index is 0.115. The average Bonchev–Trinajstić information content (AvgIpc) is 2.96. The molecule has 1 aromatic carbocycles. The Labute approximate surface area is 148 Å². The third-order valence-corrected chi connectivity index (χ3v) is 5.95. The zero-order chi connectivity index (χ0) is 17.2. The average molecular weight is 346 g/mol. The summed E-state index contributed by atoms with van der Waals surface area (Å²) in [6, 6.07) is 7.45. The Balaban J connectivity index is 1.22. The second-order valence-electron chi connectivity index (χ2n) is 7.83. The summed E-state index contributed by atoms with van der Waals surface area (Å²) in [4.78, 5) is 14.6. The Hall–Kier alpha value is -1.62. The number of nitrogens with zero attached hydrogens (tertiary/aromatic N) is 1. The molecule has 5 heteroatoms. The number of fused-ring (bicyclic) bond motifs is 2. The van der Waals surface area contributed by atoms with Crippen molar-refractivity contribution < 1.29 is 13.9 Å². The molecule has 0 aliphatic carbocycles. The van der Waals surface area contributed by atoms with Gasteiger partial charge in [0.25, 0.3) is 0 Å². The Morgan fingerprint density at radius 1 is 1.08 bits per heavy atom. The van der Waals surface area contributed by atoms with Crippen LogP contribution >= 0.6 is 0 Å². The van der Waals surface area contributed by atoms with E-state index in [4.69, 9.17) is 4.74 Å². The highest BCUT2D eigenvalue weighted by atomic mass is 19.1. The van der Waals surface area contributed by atoms with Crippen LogP contribution in [0.4, 0.5) is 4.39 Å². The highest BCUT2D eigenvalue weighted by molar-refractivity contribution is 5.76. The second-order valence-corrected chi connectivity index (χ2v) is 7.83. The molecule has 3 fully saturated rings. The van der Waals surface area contributed by atoms with Crippen LogP contribution in [-0.4, -0.2) is 42.1 Å². The number of piperidine rings is 2. The van der Waals surface area contributed by atoms with Crippen molar-refractivity contribution in [1.29, 1.82) is 0 Å². The highest BCUT2D eigenvalue weighted by Crippen LogP contribution is 2.33. The number of rotatable bonds is 4. The van der Waals surface area contributed by atoms with Crippen molar-refractivity contribution in [3.05, 3.63) is 30.1 Å². The van der Waals surface area contributed by atoms with Gasteiger partial charge in [-0.1, -0.05) is 0 Å². The lowest BCUT2D eigenvalue weighted by molar-refractivity contribution is -0.134. The lowest BCUT2D eigenvalue weighted by atomic mass is 9.89. The van der Waals surface area contributed by atoms with Crippen LogP contribution in [0.1, 0.15) is 44.9 Å². The predicted molar refractivity (Wildman–Crippen MR) is 93.9 cm³/mol. The van der Waals surface area contributed by atoms with E-state index in [0.717, 1.165) is 38.8 Å². The maximum atomic E-state index is 12.9. The number of carbonyl (C=O) groups excluding carboxylic acids is 1. The van der Waals surface area contributed by atoms with Crippen molar-refractivity contribution in [3.8, 4) is 5.75 Å². The fourth-order valence-electron chi connectivity index (χ4n) is 4.65. The van der Waals surface area contributed by atoms with Crippen LogP contribution < -0.4 is 10.1 Å². The van der Waals surface area contributed by atoms with Gasteiger partial charge < -0.3 is 15.0 Å². The van der Waals surface area contributed by atoms with Crippen LogP contribution in [-0.2, 0) is 4.79 Å². The molecule has 25 heavy (non-hydrogen) atoms. The smallest absolute Gasteiger partial charge is 0.222 e. The molecule has 2 atom stereocenters. The molecular weight excluding hydrogens is 319 g/mol. The molecule has 136 valence electrons. The summed E-state index contributed by atoms with van der Waals surface area (Å²) in [5.41, 5.74) is 0. The van der Waals surface area contributed by atoms with Crippen molar-refractivity contribution in [3.63, 3.8) is 0 Å². The van der Waals surface area contributed by atoms with Gasteiger partial charge in [-0.15, -0.1) is 0 Å². The Morgan fingerprint density at radius 2 is 1.72 bits per heavy atom. The molecule has 3 aliphatic heterocycles. The first-order valence-corrected chi connectivity index (χ1v) is 9.62. The SMILES string of the molecule is O=C(CC1CC2CCC(C1)N2)N1CCC(Oc2ccc(F)cc2)CC1. The molecular formula is C20H27FN2O2. The van der Waals surface area contributed by atoms with Crippen LogP contribution in [0.5, 0.6) is 5.75 Å². The summed E-state index contributed by atoms with van der Waals surface area (Å²) in [5, 5.41) is 3.64. The second kappa shape index (κ2) is 7.32. The predicted octanol–water partition coefficient (Wildman–Crippen LogP) is 3.12. The normalized spacial score (nSPS) is 29.6. The fourth-order valence-corrected chi connectivity index (χ4v) is 4.65. The zero-order valence-corrected chi connectivity index (χ0v) is 14.6. The molecule has 0 radical (unpaired) electrons. The number of ether oxygens (including phenoxy) is 1. The number of amides is 1. The largest absolute Gasteiger partial charge is 0.490 e. The van der Waals surface area contributed by atoms with Crippen molar-refractivity contribution >= 4 is 5.91 Å². The van der Waals surface area contributed by atoms with E-state index in [0.29, 0.717) is 36.1 Å². The topological polar surface area (TPSA) is 41.6 Å². The molecule has 1 aromatic rings. The van der Waals surface area contributed by atoms with E-state index in [1.54, 1.807) is 12.1 Å². The molecule has 0 spiro atoms. The molecule has 3 heterocycles. The van der Waals surface area contributed by atoms with Gasteiger partial charge in [-0.05, 0) is 55.9 Å². The summed E-state index contributed by atoms with van der Waals surface area (Å²) in [7, 11) is 0. The number of halogens is 1. The van der Waals surface area contributed by atoms with E-state index in [9.17, 15) is 9.18 Å². The van der Waals surface area contributed by atoms with E-state index in [2.05, 4.69) is 5.32 Å². The fraction of sp³-hybridized carbons (Fsp3) is 0.650. The quantitative estimate of drug-likeness (QED) is 0.911. The molecule has 1 amide bonds. The summed E-state index contributed by atoms with van der Waals surface area (Å²) in [6.07, 6.45) is 7.39. The van der Waals surface area contributed by atoms with Crippen LogP contribution in [0.25, 0.3) is 0 Å². The maximum absolute atomic E-state index is 12.9. The first kappa shape index (κ1) is 16.8. The summed E-state index contributed by atoms with van der Waals surface area (Å²) < 4.78 is 18.9. The molecule has 4 nitrogen and oxygen atoms in total. The third-order valence-electron chi connectivity index (χ3n) is 5.95. The van der Waals surface area contributed by atoms with Crippen LogP contribution in [0.3, 0.4) is 0 Å². The zero-order valence-electron chi connectivity index (χ0n) is 14.6. The summed E-state index contributed by atoms with van der Waals surface area (Å²) in [5.74, 6) is 1.32. The van der Waals surface area contributed by atoms with Gasteiger partial charge in [-0.25, -0.2) is 4.39 Å². The van der Waals surface area contributed by atoms with Crippen molar-refractivity contribution in [2.75, 3.05) is 13.1 Å². The summed E-state index contributed by atoms with van der Waals surface area (Å²) in [6.45, 7) is 1.53. The molecule has 2 unspecified atom stereocenters. The lowest BCUT2D eigenvalue weighted by Crippen LogP contribution is -2.44. The number of nitrogens with one attached hydrogen (secondary N) is 1. The van der Waals surface area contributed by atoms with Gasteiger partial charge in [0, 0.05) is 44.4 Å². The van der Waals surface area contributed by atoms with Gasteiger partial charge in [0.05, 0.1) is 0 Å². The number of hydrogen-bond acceptors (Lipinski definition) is 3. The number of benzene rings is 1. The minimum atomic E-state index is -0.251. The Kier molecular flexibility index (Phi) is 4.93. The molecule has 2 bridgehead atoms. The van der Waals surface area contributed by atoms with Gasteiger partial charge >= 0.3 is 0 Å². The van der Waals surface area contributed by atoms with Gasteiger partial charge in [-0.2, -0.15) is 0 Å². The molecule has 3 aliphatic rings. The monoisotopic (exact) mass is 346 g/mol. The highest BCUT2D eigenvalue weighted by Gasteiger charge is 2.35. The Bertz CT molecular complexity index is 586. The van der Waals surface area contributed by atoms with Gasteiger partial charge in [0.1, 0.15) is 17.7 Å². The molecule has 0 aromatic heterocycles. The molecule has 1 N–H and O–H groups in total. The lowest BCUT2D eigenvalue weighted by Gasteiger charge is -2.34. The van der Waals surface area contributed by atoms with Gasteiger partial charge in [0.15, 0.2) is 0 Å². The minimum Gasteiger partial charge on any atom is -0.490 e. The molecule has 4 rings (SSSR count). The molecule has 0 saturated carbocycles. The van der Waals surface area contributed by atoms with Crippen LogP contribution in [0.15, 0.2) is 24.3 Å². The van der Waals surface area contributed by atoms with E-state index in [1.165, 1.54) is 25.0 Å². The summed E-state index contributed by atoms with van der Waals surface area (Å²) >= 11 is 0. The standard InChI is InChI=1S/C20H27FN2O2/c21-15-1-5-18(6-2-15)25-19-7-9-23(10-8-19)20(24)13-14-11-16-3-4-17(12-14)22-16/h1-2,5-6,14,16-17,19,22H,3-4,7-13H2. The van der Waals surface area contributed by atoms with Crippen LogP contribution in [0.2, 0.25) is 0 Å². The van der Waals surface area contributed by atoms with E-state index < -0.39 is 0 Å². The first-order valence-electron chi connectivity index (χ1n) is 9.62. The van der Waals surface area contributed by atoms with Crippen LogP contribution in [0, 0.1) is 11.7 Å². The van der Waals surface area contributed by atoms with Gasteiger partial charge in [0.2, 0.25) is 5.91 Å². The Morgan fingerprint density at radius 3 is 2.36 bits per heavy atom. The van der Waals surface area contributed by atoms with Crippen molar-refractivity contribution in [2.24, 2.45) is 5.92 Å². The van der Waals surface area contributed by atoms with Crippen molar-refractivity contribution in [1.82, 2.24) is 10.2 Å². The van der Waals surface area contributed by atoms with Gasteiger partial charge in [-0.3, -0.25) is 4.79 Å². The maximum Gasteiger partial charge on any atom is 0.222 e. The number of hydrogen-bond donors (Lipinski definition) is 1. The third kappa shape index (κ3) is 4.14. The number of likely N-dealkylation sites (tertiary alicyclic amines) is 1. The van der Waals surface area contributed by atoms with E-state index in [-0.39, 0.29) is 11.9 Å². The van der Waals surface area contributed by atoms with E-state index >= 15 is 0 Å². The van der Waals surface area contributed by atoms with Crippen molar-refractivity contribution in [2.45, 2.75) is 63.1 Å². The van der Waals surface area contributed by atoms with E-state index in [1.807, 2.05) is 4.90 Å².